The maximum atomic E-state index is 13.6. The lowest BCUT2D eigenvalue weighted by Gasteiger charge is -2.38. The molecule has 0 fully saturated rings. The van der Waals surface area contributed by atoms with Gasteiger partial charge in [0, 0.05) is 0 Å². The van der Waals surface area contributed by atoms with Crippen LogP contribution in [0.5, 0.6) is 17.2 Å². The molecule has 0 radical (unpaired) electrons. The molecular weight excluding hydrogens is 636 g/mol. The van der Waals surface area contributed by atoms with Crippen LogP contribution in [0, 0.1) is 0 Å². The summed E-state index contributed by atoms with van der Waals surface area (Å²) in [6.45, 7) is 0. The van der Waals surface area contributed by atoms with Crippen molar-refractivity contribution in [3.63, 3.8) is 0 Å². The Hall–Kier alpha value is -4.56. The van der Waals surface area contributed by atoms with Crippen LogP contribution in [0.15, 0.2) is 103 Å². The van der Waals surface area contributed by atoms with Gasteiger partial charge in [-0.05, 0) is 58.7 Å². The summed E-state index contributed by atoms with van der Waals surface area (Å²) < 4.78 is 147. The third kappa shape index (κ3) is 10.3. The Morgan fingerprint density at radius 1 is 0.378 bits per heavy atom. The number of benzene rings is 4. The molecule has 4 aromatic carbocycles. The molecule has 0 atom stereocenters. The lowest BCUT2D eigenvalue weighted by atomic mass is 9.73. The second kappa shape index (κ2) is 14.0. The number of hydrogen-bond donors (Lipinski definition) is 3. The van der Waals surface area contributed by atoms with Gasteiger partial charge in [0.2, 0.25) is 5.41 Å². The number of aromatic hydroxyl groups is 3. The van der Waals surface area contributed by atoms with Crippen molar-refractivity contribution < 1.29 is 68.0 Å². The summed E-state index contributed by atoms with van der Waals surface area (Å²) in [4.78, 5) is 0. The molecule has 45 heavy (non-hydrogen) atoms. The summed E-state index contributed by atoms with van der Waals surface area (Å²) in [5, 5.41) is 27.4. The number of phenols is 3. The van der Waals surface area contributed by atoms with Gasteiger partial charge in [-0.2, -0.15) is 52.7 Å². The van der Waals surface area contributed by atoms with E-state index in [4.69, 9.17) is 15.3 Å². The van der Waals surface area contributed by atoms with E-state index in [-0.39, 0.29) is 0 Å². The van der Waals surface area contributed by atoms with Crippen LogP contribution < -0.4 is 0 Å². The van der Waals surface area contributed by atoms with E-state index in [2.05, 4.69) is 0 Å². The van der Waals surface area contributed by atoms with Crippen LogP contribution in [-0.4, -0.2) is 40.0 Å². The first-order valence-electron chi connectivity index (χ1n) is 12.3. The van der Waals surface area contributed by atoms with Gasteiger partial charge in [0.05, 0.1) is 0 Å². The second-order valence-corrected chi connectivity index (χ2v) is 9.16. The normalized spacial score (nSPS) is 12.4. The molecule has 4 aromatic rings. The molecule has 0 saturated carbocycles. The van der Waals surface area contributed by atoms with Crippen LogP contribution in [0.2, 0.25) is 0 Å². The number of rotatable bonds is 3. The van der Waals surface area contributed by atoms with Crippen molar-refractivity contribution in [2.24, 2.45) is 0 Å². The molecule has 0 aliphatic carbocycles. The number of halogens is 12. The van der Waals surface area contributed by atoms with Crippen LogP contribution in [-0.2, 0) is 5.41 Å². The van der Waals surface area contributed by atoms with Crippen molar-refractivity contribution in [3.8, 4) is 28.4 Å². The molecule has 3 N–H and O–H groups in total. The van der Waals surface area contributed by atoms with Crippen molar-refractivity contribution in [2.75, 3.05) is 0 Å². The van der Waals surface area contributed by atoms with E-state index in [1.54, 1.807) is 12.1 Å². The summed E-state index contributed by atoms with van der Waals surface area (Å²) >= 11 is 0. The molecule has 0 saturated heterocycles. The topological polar surface area (TPSA) is 60.7 Å². The Morgan fingerprint density at radius 3 is 0.933 bits per heavy atom. The third-order valence-corrected chi connectivity index (χ3v) is 5.83. The lowest BCUT2D eigenvalue weighted by molar-refractivity contribution is -0.288. The zero-order valence-corrected chi connectivity index (χ0v) is 22.4. The first-order valence-corrected chi connectivity index (χ1v) is 12.3. The SMILES string of the molecule is FC(F)(F)CC(F)(F)F.Oc1ccc(-c2ccccc2)cc1.Oc1ccc(C(c2ccc(O)cc2)(C(F)(F)F)C(F)(F)F)cc1. The van der Waals surface area contributed by atoms with E-state index in [0.717, 1.165) is 29.8 Å². The minimum atomic E-state index is -5.70. The fourth-order valence-electron chi connectivity index (χ4n) is 3.92. The molecule has 244 valence electrons. The average Bonchev–Trinajstić information content (AvgIpc) is 2.89. The molecule has 0 heterocycles. The summed E-state index contributed by atoms with van der Waals surface area (Å²) in [6.07, 6.45) is -24.4. The number of phenolic OH excluding ortho intramolecular Hbond substituents is 3. The summed E-state index contributed by atoms with van der Waals surface area (Å²) in [5.74, 6) is -0.616. The largest absolute Gasteiger partial charge is 0.508 e. The first-order chi connectivity index (χ1) is 20.6. The van der Waals surface area contributed by atoms with Gasteiger partial charge < -0.3 is 15.3 Å². The van der Waals surface area contributed by atoms with Crippen LogP contribution >= 0.6 is 0 Å². The van der Waals surface area contributed by atoms with Gasteiger partial charge in [-0.25, -0.2) is 0 Å². The van der Waals surface area contributed by atoms with Gasteiger partial charge in [-0.15, -0.1) is 0 Å². The first kappa shape index (κ1) is 36.6. The van der Waals surface area contributed by atoms with Gasteiger partial charge in [0.1, 0.15) is 23.7 Å². The van der Waals surface area contributed by atoms with Crippen LogP contribution in [0.25, 0.3) is 11.1 Å². The van der Waals surface area contributed by atoms with E-state index >= 15 is 0 Å². The highest BCUT2D eigenvalue weighted by atomic mass is 19.4. The predicted molar refractivity (Wildman–Crippen MR) is 139 cm³/mol. The van der Waals surface area contributed by atoms with E-state index in [1.165, 1.54) is 5.56 Å². The molecule has 0 spiro atoms. The van der Waals surface area contributed by atoms with Gasteiger partial charge in [-0.3, -0.25) is 0 Å². The highest BCUT2D eigenvalue weighted by molar-refractivity contribution is 5.63. The van der Waals surface area contributed by atoms with E-state index in [1.807, 2.05) is 42.5 Å². The van der Waals surface area contributed by atoms with Crippen molar-refractivity contribution in [1.82, 2.24) is 0 Å². The number of hydrogen-bond acceptors (Lipinski definition) is 3. The van der Waals surface area contributed by atoms with Gasteiger partial charge in [-0.1, -0.05) is 66.7 Å². The highest BCUT2D eigenvalue weighted by Crippen LogP contribution is 2.56. The molecular formula is C30H22F12O3. The van der Waals surface area contributed by atoms with Crippen LogP contribution in [0.3, 0.4) is 0 Å². The van der Waals surface area contributed by atoms with E-state index in [9.17, 15) is 52.7 Å². The Kier molecular flexibility index (Phi) is 11.4. The van der Waals surface area contributed by atoms with Gasteiger partial charge in [0.15, 0.2) is 0 Å². The zero-order valence-electron chi connectivity index (χ0n) is 22.4. The molecule has 0 aliphatic heterocycles. The quantitative estimate of drug-likeness (QED) is 0.192. The minimum Gasteiger partial charge on any atom is -0.508 e. The van der Waals surface area contributed by atoms with Crippen molar-refractivity contribution in [3.05, 3.63) is 114 Å². The molecule has 0 aromatic heterocycles. The van der Waals surface area contributed by atoms with Gasteiger partial charge >= 0.3 is 24.7 Å². The molecule has 0 amide bonds. The van der Waals surface area contributed by atoms with Crippen molar-refractivity contribution >= 4 is 0 Å². The lowest BCUT2D eigenvalue weighted by Crippen LogP contribution is -2.54. The Balaban J connectivity index is 0.000000268. The Bertz CT molecular complexity index is 1380. The summed E-state index contributed by atoms with van der Waals surface area (Å²) in [6, 6.07) is 22.6. The molecule has 0 aliphatic rings. The summed E-state index contributed by atoms with van der Waals surface area (Å²) in [7, 11) is 0. The number of alkyl halides is 12. The Morgan fingerprint density at radius 2 is 0.667 bits per heavy atom. The van der Waals surface area contributed by atoms with E-state index in [0.29, 0.717) is 30.0 Å². The third-order valence-electron chi connectivity index (χ3n) is 5.83. The minimum absolute atomic E-state index is 0.305. The average molecular weight is 658 g/mol. The van der Waals surface area contributed by atoms with Crippen LogP contribution in [0.1, 0.15) is 17.5 Å². The monoisotopic (exact) mass is 658 g/mol. The maximum Gasteiger partial charge on any atom is 0.411 e. The fraction of sp³-hybridized carbons (Fsp3) is 0.200. The molecule has 0 unspecified atom stereocenters. The van der Waals surface area contributed by atoms with Crippen molar-refractivity contribution in [1.29, 1.82) is 0 Å². The smallest absolute Gasteiger partial charge is 0.411 e. The van der Waals surface area contributed by atoms with E-state index < -0.39 is 59.2 Å². The molecule has 15 heteroatoms. The van der Waals surface area contributed by atoms with Crippen molar-refractivity contribution in [2.45, 2.75) is 36.5 Å². The highest BCUT2D eigenvalue weighted by Gasteiger charge is 2.72. The Labute approximate surface area is 247 Å². The molecule has 3 nitrogen and oxygen atoms in total. The summed E-state index contributed by atoms with van der Waals surface area (Å²) in [5.41, 5.74) is -4.15. The second-order valence-electron chi connectivity index (χ2n) is 9.16. The molecule has 4 rings (SSSR count). The van der Waals surface area contributed by atoms with Crippen LogP contribution in [0.4, 0.5) is 52.7 Å². The molecule has 0 bridgehead atoms. The zero-order chi connectivity index (χ0) is 34.3. The van der Waals surface area contributed by atoms with Gasteiger partial charge in [0.25, 0.3) is 0 Å². The fourth-order valence-corrected chi connectivity index (χ4v) is 3.92. The maximum absolute atomic E-state index is 13.6. The predicted octanol–water partition coefficient (Wildman–Crippen LogP) is 10.1. The standard InChI is InChI=1S/C15H10F6O2.C12H10O.C3H2F6/c16-14(17,18)13(15(19,20)21,9-1-5-11(22)6-2-9)10-3-7-12(23)8-4-10;13-12-8-6-11(7-9-12)10-4-2-1-3-5-10;4-2(5,6)1-3(7,8)9/h1-8,22-23H;1-9,13H;1H2.